The highest BCUT2D eigenvalue weighted by molar-refractivity contribution is 5.89. The summed E-state index contributed by atoms with van der Waals surface area (Å²) in [7, 11) is 1.63. The number of nitrogens with zero attached hydrogens (tertiary/aromatic N) is 3. The first-order valence-electron chi connectivity index (χ1n) is 9.14. The van der Waals surface area contributed by atoms with Crippen molar-refractivity contribution < 1.29 is 19.1 Å². The van der Waals surface area contributed by atoms with Crippen molar-refractivity contribution in [2.45, 2.75) is 32.1 Å². The number of likely N-dealkylation sites (tertiary alicyclic amines) is 2. The molecule has 7 heteroatoms. The third kappa shape index (κ3) is 3.25. The Balaban J connectivity index is 1.71. The van der Waals surface area contributed by atoms with Gasteiger partial charge in [-0.3, -0.25) is 9.59 Å². The Morgan fingerprint density at radius 3 is 2.72 bits per heavy atom. The second-order valence-electron chi connectivity index (χ2n) is 7.45. The van der Waals surface area contributed by atoms with E-state index in [1.54, 1.807) is 12.0 Å². The number of carbonyl (C=O) groups excluding carboxylic acids is 2. The number of hydrogen-bond donors (Lipinski definition) is 0. The summed E-state index contributed by atoms with van der Waals surface area (Å²) in [5.41, 5.74) is -1.44. The quantitative estimate of drug-likeness (QED) is 0.749. The van der Waals surface area contributed by atoms with Gasteiger partial charge in [0.1, 0.15) is 5.41 Å². The molecule has 0 aromatic carbocycles. The minimum atomic E-state index is -0.975. The fourth-order valence-electron chi connectivity index (χ4n) is 4.39. The first-order chi connectivity index (χ1) is 12.1. The van der Waals surface area contributed by atoms with Gasteiger partial charge in [-0.2, -0.15) is 5.26 Å². The monoisotopic (exact) mass is 349 g/mol. The van der Waals surface area contributed by atoms with E-state index in [1.807, 2.05) is 4.90 Å². The molecule has 0 bridgehead atoms. The van der Waals surface area contributed by atoms with Crippen LogP contribution in [0.2, 0.25) is 0 Å². The molecule has 3 rings (SSSR count). The maximum atomic E-state index is 13.0. The Kier molecular flexibility index (Phi) is 5.30. The van der Waals surface area contributed by atoms with E-state index in [-0.39, 0.29) is 11.8 Å². The van der Waals surface area contributed by atoms with Gasteiger partial charge in [0.2, 0.25) is 11.8 Å². The van der Waals surface area contributed by atoms with Crippen molar-refractivity contribution >= 4 is 11.8 Å². The molecule has 0 aliphatic carbocycles. The molecule has 7 nitrogen and oxygen atoms in total. The molecule has 1 spiro atoms. The van der Waals surface area contributed by atoms with E-state index in [0.717, 1.165) is 19.4 Å². The van der Waals surface area contributed by atoms with Crippen LogP contribution in [0.3, 0.4) is 0 Å². The van der Waals surface area contributed by atoms with Crippen molar-refractivity contribution in [1.29, 1.82) is 5.26 Å². The summed E-state index contributed by atoms with van der Waals surface area (Å²) in [6.45, 7) is 3.79. The predicted molar refractivity (Wildman–Crippen MR) is 89.4 cm³/mol. The molecule has 0 unspecified atom stereocenters. The van der Waals surface area contributed by atoms with Crippen LogP contribution in [0.25, 0.3) is 0 Å². The summed E-state index contributed by atoms with van der Waals surface area (Å²) in [4.78, 5) is 29.7. The van der Waals surface area contributed by atoms with E-state index in [2.05, 4.69) is 6.07 Å². The van der Waals surface area contributed by atoms with E-state index in [4.69, 9.17) is 9.47 Å². The summed E-state index contributed by atoms with van der Waals surface area (Å²) in [6.07, 6.45) is 3.36. The molecule has 0 N–H and O–H groups in total. The van der Waals surface area contributed by atoms with Gasteiger partial charge in [0.25, 0.3) is 0 Å². The van der Waals surface area contributed by atoms with Gasteiger partial charge in [0.05, 0.1) is 18.1 Å². The molecule has 0 aromatic heterocycles. The highest BCUT2D eigenvalue weighted by atomic mass is 16.5. The van der Waals surface area contributed by atoms with E-state index in [1.165, 1.54) is 0 Å². The molecule has 3 fully saturated rings. The second-order valence-corrected chi connectivity index (χ2v) is 7.45. The maximum absolute atomic E-state index is 13.0. The summed E-state index contributed by atoms with van der Waals surface area (Å²) in [5, 5.41) is 9.62. The molecule has 3 saturated heterocycles. The molecule has 0 saturated carbocycles. The fourth-order valence-corrected chi connectivity index (χ4v) is 4.39. The van der Waals surface area contributed by atoms with Crippen LogP contribution in [-0.4, -0.2) is 74.7 Å². The van der Waals surface area contributed by atoms with E-state index >= 15 is 0 Å². The molecule has 25 heavy (non-hydrogen) atoms. The molecule has 2 amide bonds. The topological polar surface area (TPSA) is 82.9 Å². The lowest BCUT2D eigenvalue weighted by Crippen LogP contribution is -2.52. The Labute approximate surface area is 148 Å². The first kappa shape index (κ1) is 18.2. The third-order valence-corrected chi connectivity index (χ3v) is 6.00. The van der Waals surface area contributed by atoms with E-state index in [0.29, 0.717) is 58.7 Å². The molecular weight excluding hydrogens is 322 g/mol. The molecular formula is C18H27N3O4. The fraction of sp³-hybridized carbons (Fsp3) is 0.833. The molecule has 3 aliphatic heterocycles. The summed E-state index contributed by atoms with van der Waals surface area (Å²) >= 11 is 0. The van der Waals surface area contributed by atoms with Crippen LogP contribution in [-0.2, 0) is 19.1 Å². The molecule has 0 radical (unpaired) electrons. The maximum Gasteiger partial charge on any atom is 0.243 e. The Bertz CT molecular complexity index is 567. The van der Waals surface area contributed by atoms with Gasteiger partial charge in [-0.05, 0) is 32.1 Å². The highest BCUT2D eigenvalue weighted by Crippen LogP contribution is 2.42. The van der Waals surface area contributed by atoms with Crippen LogP contribution in [0.4, 0.5) is 0 Å². The molecule has 3 aliphatic rings. The van der Waals surface area contributed by atoms with E-state index in [9.17, 15) is 14.9 Å². The average molecular weight is 349 g/mol. The highest BCUT2D eigenvalue weighted by Gasteiger charge is 2.52. The standard InChI is InChI=1S/C18H27N3O4/c1-24-12-9-20-7-2-3-18(16(20)23)4-8-21(14-18)15(22)17(13-19)5-10-25-11-6-17/h2-12,14H2,1H3/t18-/m0/s1. The summed E-state index contributed by atoms with van der Waals surface area (Å²) < 4.78 is 10.4. The number of amides is 2. The van der Waals surface area contributed by atoms with Crippen LogP contribution in [0.5, 0.6) is 0 Å². The largest absolute Gasteiger partial charge is 0.383 e. The Hall–Kier alpha value is -1.65. The van der Waals surface area contributed by atoms with Crippen molar-refractivity contribution in [3.05, 3.63) is 0 Å². The zero-order chi connectivity index (χ0) is 17.9. The number of hydrogen-bond acceptors (Lipinski definition) is 5. The smallest absolute Gasteiger partial charge is 0.243 e. The van der Waals surface area contributed by atoms with Crippen molar-refractivity contribution in [1.82, 2.24) is 9.80 Å². The Morgan fingerprint density at radius 2 is 2.04 bits per heavy atom. The summed E-state index contributed by atoms with van der Waals surface area (Å²) in [6, 6.07) is 2.25. The average Bonchev–Trinajstić information content (AvgIpc) is 3.08. The van der Waals surface area contributed by atoms with Crippen molar-refractivity contribution in [3.63, 3.8) is 0 Å². The number of carbonyl (C=O) groups is 2. The Morgan fingerprint density at radius 1 is 1.28 bits per heavy atom. The lowest BCUT2D eigenvalue weighted by Gasteiger charge is -2.40. The number of methoxy groups -OCH3 is 1. The van der Waals surface area contributed by atoms with Crippen LogP contribution < -0.4 is 0 Å². The predicted octanol–water partition coefficient (Wildman–Crippen LogP) is 0.794. The van der Waals surface area contributed by atoms with Gasteiger partial charge < -0.3 is 19.3 Å². The number of piperidine rings is 1. The van der Waals surface area contributed by atoms with Crippen molar-refractivity contribution in [2.24, 2.45) is 10.8 Å². The minimum Gasteiger partial charge on any atom is -0.383 e. The van der Waals surface area contributed by atoms with Gasteiger partial charge in [0, 0.05) is 46.5 Å². The van der Waals surface area contributed by atoms with Gasteiger partial charge >= 0.3 is 0 Å². The van der Waals surface area contributed by atoms with Crippen LogP contribution in [0.1, 0.15) is 32.1 Å². The molecule has 3 heterocycles. The number of rotatable bonds is 4. The summed E-state index contributed by atoms with van der Waals surface area (Å²) in [5.74, 6) is 0.0288. The second kappa shape index (κ2) is 7.30. The number of nitriles is 1. The third-order valence-electron chi connectivity index (χ3n) is 6.00. The lowest BCUT2D eigenvalue weighted by molar-refractivity contribution is -0.148. The zero-order valence-electron chi connectivity index (χ0n) is 15.0. The number of ether oxygens (including phenoxy) is 2. The van der Waals surface area contributed by atoms with Gasteiger partial charge in [-0.1, -0.05) is 0 Å². The van der Waals surface area contributed by atoms with Crippen molar-refractivity contribution in [3.8, 4) is 6.07 Å². The first-order valence-corrected chi connectivity index (χ1v) is 9.14. The molecule has 0 aromatic rings. The van der Waals surface area contributed by atoms with Gasteiger partial charge in [0.15, 0.2) is 0 Å². The lowest BCUT2D eigenvalue weighted by atomic mass is 9.77. The molecule has 138 valence electrons. The molecule has 1 atom stereocenters. The van der Waals surface area contributed by atoms with Crippen molar-refractivity contribution in [2.75, 3.05) is 53.1 Å². The minimum absolute atomic E-state index is 0.114. The van der Waals surface area contributed by atoms with Crippen LogP contribution in [0.15, 0.2) is 0 Å². The van der Waals surface area contributed by atoms with E-state index < -0.39 is 10.8 Å². The SMILES string of the molecule is COCCN1CCC[C@@]2(CCN(C(=O)C3(C#N)CCOCC3)C2)C1=O. The normalized spacial score (nSPS) is 29.0. The van der Waals surface area contributed by atoms with Gasteiger partial charge in [-0.25, -0.2) is 0 Å². The zero-order valence-corrected chi connectivity index (χ0v) is 15.0. The van der Waals surface area contributed by atoms with Crippen LogP contribution in [0, 0.1) is 22.2 Å². The van der Waals surface area contributed by atoms with Crippen LogP contribution >= 0.6 is 0 Å². The van der Waals surface area contributed by atoms with Gasteiger partial charge in [-0.15, -0.1) is 0 Å².